The Morgan fingerprint density at radius 1 is 1.46 bits per heavy atom. The van der Waals surface area contributed by atoms with Crippen LogP contribution in [0.2, 0.25) is 0 Å². The smallest absolute Gasteiger partial charge is 0.271 e. The van der Waals surface area contributed by atoms with Crippen molar-refractivity contribution in [3.8, 4) is 5.75 Å². The van der Waals surface area contributed by atoms with Crippen LogP contribution in [-0.4, -0.2) is 39.6 Å². The van der Waals surface area contributed by atoms with E-state index >= 15 is 0 Å². The number of halogens is 1. The van der Waals surface area contributed by atoms with Crippen LogP contribution in [0.5, 0.6) is 5.75 Å². The summed E-state index contributed by atoms with van der Waals surface area (Å²) in [6.07, 6.45) is 1.93. The van der Waals surface area contributed by atoms with Crippen molar-refractivity contribution < 1.29 is 18.1 Å². The zero-order valence-electron chi connectivity index (χ0n) is 13.5. The molecule has 0 aromatic heterocycles. The second kappa shape index (κ2) is 8.61. The lowest BCUT2D eigenvalue weighted by Crippen LogP contribution is -2.44. The lowest BCUT2D eigenvalue weighted by molar-refractivity contribution is -0.385. The summed E-state index contributed by atoms with van der Waals surface area (Å²) in [6.45, 7) is 3.49. The highest BCUT2D eigenvalue weighted by atomic mass is 35.5. The summed E-state index contributed by atoms with van der Waals surface area (Å²) in [7, 11) is -2.59. The molecule has 1 aliphatic rings. The molecule has 24 heavy (non-hydrogen) atoms. The van der Waals surface area contributed by atoms with Crippen LogP contribution in [0.25, 0.3) is 0 Å². The van der Waals surface area contributed by atoms with Gasteiger partial charge in [-0.05, 0) is 44.8 Å². The van der Waals surface area contributed by atoms with E-state index in [0.717, 1.165) is 32.0 Å². The Morgan fingerprint density at radius 3 is 2.71 bits per heavy atom. The van der Waals surface area contributed by atoms with Gasteiger partial charge in [0, 0.05) is 18.2 Å². The van der Waals surface area contributed by atoms with Crippen LogP contribution < -0.4 is 14.8 Å². The molecule has 8 nitrogen and oxygen atoms in total. The van der Waals surface area contributed by atoms with Crippen LogP contribution in [0, 0.1) is 16.0 Å². The number of nitro groups is 1. The first-order valence-electron chi connectivity index (χ1n) is 7.40. The van der Waals surface area contributed by atoms with Crippen LogP contribution in [0.15, 0.2) is 23.1 Å². The molecule has 1 aromatic carbocycles. The maximum absolute atomic E-state index is 12.6. The third kappa shape index (κ3) is 4.79. The van der Waals surface area contributed by atoms with Gasteiger partial charge >= 0.3 is 0 Å². The van der Waals surface area contributed by atoms with Crippen molar-refractivity contribution in [1.82, 2.24) is 10.0 Å². The van der Waals surface area contributed by atoms with Crippen LogP contribution in [0.4, 0.5) is 5.69 Å². The molecule has 0 bridgehead atoms. The van der Waals surface area contributed by atoms with Gasteiger partial charge in [0.15, 0.2) is 0 Å². The molecule has 1 heterocycles. The van der Waals surface area contributed by atoms with E-state index in [-0.39, 0.29) is 40.7 Å². The van der Waals surface area contributed by atoms with E-state index < -0.39 is 14.9 Å². The van der Waals surface area contributed by atoms with Crippen LogP contribution in [0.3, 0.4) is 0 Å². The predicted octanol–water partition coefficient (Wildman–Crippen LogP) is 1.69. The van der Waals surface area contributed by atoms with E-state index in [1.165, 1.54) is 19.2 Å². The number of benzene rings is 1. The van der Waals surface area contributed by atoms with Crippen molar-refractivity contribution in [2.75, 3.05) is 20.2 Å². The van der Waals surface area contributed by atoms with E-state index in [9.17, 15) is 18.5 Å². The van der Waals surface area contributed by atoms with Crippen molar-refractivity contribution in [2.24, 2.45) is 5.92 Å². The van der Waals surface area contributed by atoms with Crippen molar-refractivity contribution in [2.45, 2.75) is 30.7 Å². The lowest BCUT2D eigenvalue weighted by Gasteiger charge is -2.28. The highest BCUT2D eigenvalue weighted by Gasteiger charge is 2.28. The fourth-order valence-corrected chi connectivity index (χ4v) is 4.20. The molecule has 0 radical (unpaired) electrons. The molecule has 1 aliphatic heterocycles. The fraction of sp³-hybridized carbons (Fsp3) is 0.571. The van der Waals surface area contributed by atoms with Gasteiger partial charge in [0.2, 0.25) is 10.0 Å². The summed E-state index contributed by atoms with van der Waals surface area (Å²) in [6, 6.07) is 3.25. The Balaban J connectivity index is 0.00000288. The average Bonchev–Trinajstić information content (AvgIpc) is 2.54. The van der Waals surface area contributed by atoms with Crippen molar-refractivity contribution in [1.29, 1.82) is 0 Å². The number of ether oxygens (including phenoxy) is 1. The molecule has 0 spiro atoms. The van der Waals surface area contributed by atoms with Gasteiger partial charge in [-0.3, -0.25) is 10.1 Å². The molecule has 1 aromatic rings. The average molecular weight is 380 g/mol. The summed E-state index contributed by atoms with van der Waals surface area (Å²) in [5.41, 5.74) is -0.293. The molecule has 0 aliphatic carbocycles. The number of nitrogens with one attached hydrogen (secondary N) is 2. The maximum atomic E-state index is 12.6. The highest BCUT2D eigenvalue weighted by Crippen LogP contribution is 2.28. The summed E-state index contributed by atoms with van der Waals surface area (Å²) < 4.78 is 32.9. The lowest BCUT2D eigenvalue weighted by atomic mass is 9.94. The van der Waals surface area contributed by atoms with E-state index in [4.69, 9.17) is 4.74 Å². The zero-order valence-corrected chi connectivity index (χ0v) is 15.2. The first-order chi connectivity index (χ1) is 10.8. The Hall–Kier alpha value is -1.42. The second-order valence-corrected chi connectivity index (χ2v) is 7.29. The first-order valence-corrected chi connectivity index (χ1v) is 8.89. The molecule has 136 valence electrons. The molecule has 0 amide bonds. The quantitative estimate of drug-likeness (QED) is 0.574. The molecule has 0 saturated carbocycles. The predicted molar refractivity (Wildman–Crippen MR) is 92.3 cm³/mol. The molecular formula is C14H22ClN3O5S. The molecule has 2 atom stereocenters. The van der Waals surface area contributed by atoms with Gasteiger partial charge in [-0.1, -0.05) is 0 Å². The Morgan fingerprint density at radius 2 is 2.17 bits per heavy atom. The fourth-order valence-electron chi connectivity index (χ4n) is 2.70. The van der Waals surface area contributed by atoms with Crippen molar-refractivity contribution >= 4 is 28.1 Å². The molecule has 2 N–H and O–H groups in total. The SMILES string of the molecule is COc1ccc([N+](=O)[O-])cc1S(=O)(=O)NC(C)C1CCCNC1.Cl. The third-order valence-corrected chi connectivity index (χ3v) is 5.61. The number of hydrogen-bond acceptors (Lipinski definition) is 6. The van der Waals surface area contributed by atoms with Crippen LogP contribution in [0.1, 0.15) is 19.8 Å². The van der Waals surface area contributed by atoms with Gasteiger partial charge in [0.25, 0.3) is 5.69 Å². The minimum atomic E-state index is -3.91. The van der Waals surface area contributed by atoms with Gasteiger partial charge in [0.1, 0.15) is 10.6 Å². The number of nitro benzene ring substituents is 1. The summed E-state index contributed by atoms with van der Waals surface area (Å²) >= 11 is 0. The van der Waals surface area contributed by atoms with E-state index in [1.807, 2.05) is 0 Å². The molecule has 1 saturated heterocycles. The number of rotatable bonds is 6. The summed E-state index contributed by atoms with van der Waals surface area (Å²) in [5, 5.41) is 14.1. The van der Waals surface area contributed by atoms with Gasteiger partial charge < -0.3 is 10.1 Å². The normalized spacial score (nSPS) is 19.2. The van der Waals surface area contributed by atoms with Gasteiger partial charge in [0.05, 0.1) is 12.0 Å². The number of piperidine rings is 1. The Kier molecular flexibility index (Phi) is 7.40. The minimum Gasteiger partial charge on any atom is -0.495 e. The summed E-state index contributed by atoms with van der Waals surface area (Å²) in [4.78, 5) is 10.0. The summed E-state index contributed by atoms with van der Waals surface area (Å²) in [5.74, 6) is 0.264. The highest BCUT2D eigenvalue weighted by molar-refractivity contribution is 7.89. The molecular weight excluding hydrogens is 358 g/mol. The van der Waals surface area contributed by atoms with Crippen LogP contribution in [-0.2, 0) is 10.0 Å². The van der Waals surface area contributed by atoms with E-state index in [0.29, 0.717) is 0 Å². The molecule has 1 fully saturated rings. The topological polar surface area (TPSA) is 111 Å². The van der Waals surface area contributed by atoms with E-state index in [1.54, 1.807) is 6.92 Å². The monoisotopic (exact) mass is 379 g/mol. The number of non-ortho nitro benzene ring substituents is 1. The van der Waals surface area contributed by atoms with Gasteiger partial charge in [-0.25, -0.2) is 13.1 Å². The molecule has 2 unspecified atom stereocenters. The third-order valence-electron chi connectivity index (χ3n) is 4.03. The minimum absolute atomic E-state index is 0. The van der Waals surface area contributed by atoms with Crippen molar-refractivity contribution in [3.63, 3.8) is 0 Å². The zero-order chi connectivity index (χ0) is 17.0. The largest absolute Gasteiger partial charge is 0.495 e. The number of hydrogen-bond donors (Lipinski definition) is 2. The standard InChI is InChI=1S/C14H21N3O5S.ClH/c1-10(11-4-3-7-15-9-11)16-23(20,21)14-8-12(17(18)19)5-6-13(14)22-2;/h5-6,8,10-11,15-16H,3-4,7,9H2,1-2H3;1H. The second-order valence-electron chi connectivity index (χ2n) is 5.61. The van der Waals surface area contributed by atoms with Gasteiger partial charge in [-0.2, -0.15) is 0 Å². The van der Waals surface area contributed by atoms with Gasteiger partial charge in [-0.15, -0.1) is 12.4 Å². The molecule has 10 heteroatoms. The number of methoxy groups -OCH3 is 1. The Bertz CT molecular complexity index is 677. The van der Waals surface area contributed by atoms with Crippen molar-refractivity contribution in [3.05, 3.63) is 28.3 Å². The number of sulfonamides is 1. The number of nitrogens with zero attached hydrogens (tertiary/aromatic N) is 1. The van der Waals surface area contributed by atoms with Crippen LogP contribution >= 0.6 is 12.4 Å². The maximum Gasteiger partial charge on any atom is 0.271 e. The van der Waals surface area contributed by atoms with E-state index in [2.05, 4.69) is 10.0 Å². The molecule has 2 rings (SSSR count). The Labute approximate surface area is 147 Å². The first kappa shape index (κ1) is 20.6.